The molecule has 1 unspecified atom stereocenters. The maximum atomic E-state index is 14.1. The molecule has 5 nitrogen and oxygen atoms in total. The Labute approximate surface area is 212 Å². The van der Waals surface area contributed by atoms with Crippen molar-refractivity contribution in [3.63, 3.8) is 0 Å². The molecule has 1 aliphatic carbocycles. The summed E-state index contributed by atoms with van der Waals surface area (Å²) in [4.78, 5) is 12.4. The summed E-state index contributed by atoms with van der Waals surface area (Å²) in [6, 6.07) is 11.4. The lowest BCUT2D eigenvalue weighted by Crippen LogP contribution is -2.35. The molecule has 1 saturated heterocycles. The van der Waals surface area contributed by atoms with E-state index >= 15 is 0 Å². The summed E-state index contributed by atoms with van der Waals surface area (Å²) in [7, 11) is -1.17. The van der Waals surface area contributed by atoms with Gasteiger partial charge in [0, 0.05) is 31.0 Å². The summed E-state index contributed by atoms with van der Waals surface area (Å²) >= 11 is 0. The van der Waals surface area contributed by atoms with Gasteiger partial charge < -0.3 is 10.2 Å². The molecule has 2 aromatic carbocycles. The van der Waals surface area contributed by atoms with Gasteiger partial charge in [0.15, 0.2) is 5.82 Å². The summed E-state index contributed by atoms with van der Waals surface area (Å²) < 4.78 is 40.5. The molecule has 2 aliphatic heterocycles. The van der Waals surface area contributed by atoms with Gasteiger partial charge in [-0.1, -0.05) is 24.6 Å². The average Bonchev–Trinajstić information content (AvgIpc) is 3.44. The number of hydrogen-bond donors (Lipinski definition) is 1. The Morgan fingerprint density at radius 2 is 1.89 bits per heavy atom. The first kappa shape index (κ1) is 23.3. The van der Waals surface area contributed by atoms with Gasteiger partial charge in [0.1, 0.15) is 16.5 Å². The fraction of sp³-hybridized carbons (Fsp3) is 0.357. The zero-order valence-electron chi connectivity index (χ0n) is 20.2. The van der Waals surface area contributed by atoms with Gasteiger partial charge in [0.2, 0.25) is 5.95 Å². The van der Waals surface area contributed by atoms with Crippen molar-refractivity contribution in [2.45, 2.75) is 43.9 Å². The highest BCUT2D eigenvalue weighted by molar-refractivity contribution is 7.85. The van der Waals surface area contributed by atoms with Crippen LogP contribution in [0.25, 0.3) is 5.57 Å². The van der Waals surface area contributed by atoms with Crippen molar-refractivity contribution in [1.29, 1.82) is 0 Å². The smallest absolute Gasteiger partial charge is 0.227 e. The molecule has 3 aliphatic rings. The highest BCUT2D eigenvalue weighted by Gasteiger charge is 2.32. The molecule has 1 aromatic heterocycles. The van der Waals surface area contributed by atoms with E-state index < -0.39 is 10.8 Å². The molecule has 0 bridgehead atoms. The lowest BCUT2D eigenvalue weighted by atomic mass is 9.84. The second-order valence-corrected chi connectivity index (χ2v) is 11.2. The number of benzene rings is 2. The van der Waals surface area contributed by atoms with Crippen molar-refractivity contribution in [3.05, 3.63) is 76.5 Å². The number of hydrogen-bond acceptors (Lipinski definition) is 5. The second-order valence-electron chi connectivity index (χ2n) is 9.69. The van der Waals surface area contributed by atoms with Crippen LogP contribution in [0.1, 0.15) is 43.0 Å². The third-order valence-corrected chi connectivity index (χ3v) is 8.98. The first-order chi connectivity index (χ1) is 17.5. The van der Waals surface area contributed by atoms with E-state index in [-0.39, 0.29) is 11.6 Å². The Kier molecular flexibility index (Phi) is 6.07. The summed E-state index contributed by atoms with van der Waals surface area (Å²) in [5.74, 6) is 1.50. The molecule has 0 amide bonds. The molecule has 1 atom stereocenters. The minimum atomic E-state index is -1.17. The monoisotopic (exact) mass is 506 g/mol. The molecule has 8 heteroatoms. The molecule has 0 radical (unpaired) electrons. The number of allylic oxidation sites excluding steroid dienone is 2. The van der Waals surface area contributed by atoms with Crippen LogP contribution in [0, 0.1) is 17.6 Å². The molecule has 36 heavy (non-hydrogen) atoms. The Morgan fingerprint density at radius 3 is 2.67 bits per heavy atom. The first-order valence-corrected chi connectivity index (χ1v) is 13.9. The standard InChI is InChI=1S/C28H28F2N4OS/c1-2-17-14-19-6-7-21(30)16-23(19)25(17)18-8-11-34(12-9-18)28-32-24-10-13-36(35)26(24)27(33-28)31-22-5-3-4-20(29)15-22/h3-7,15-16,18H,2,8-14H2,1H3,(H,31,32,33). The zero-order chi connectivity index (χ0) is 24.8. The van der Waals surface area contributed by atoms with Crippen LogP contribution < -0.4 is 10.2 Å². The number of fused-ring (bicyclic) bond motifs is 2. The predicted molar refractivity (Wildman–Crippen MR) is 139 cm³/mol. The predicted octanol–water partition coefficient (Wildman–Crippen LogP) is 5.80. The lowest BCUT2D eigenvalue weighted by Gasteiger charge is -2.34. The summed E-state index contributed by atoms with van der Waals surface area (Å²) in [5.41, 5.74) is 6.44. The molecule has 0 saturated carbocycles. The number of nitrogens with one attached hydrogen (secondary N) is 1. The number of anilines is 3. The van der Waals surface area contributed by atoms with Crippen molar-refractivity contribution in [3.8, 4) is 0 Å². The summed E-state index contributed by atoms with van der Waals surface area (Å²) in [6.45, 7) is 3.76. The SMILES string of the molecule is CCC1=C(C2CCN(c3nc4c(c(Nc5cccc(F)c5)n3)S(=O)CC4)CC2)c2cc(F)ccc2C1. The van der Waals surface area contributed by atoms with E-state index in [1.54, 1.807) is 24.3 Å². The minimum absolute atomic E-state index is 0.178. The van der Waals surface area contributed by atoms with E-state index in [1.165, 1.54) is 28.8 Å². The molecule has 0 spiro atoms. The molecule has 3 heterocycles. The Bertz CT molecular complexity index is 1400. The Morgan fingerprint density at radius 1 is 1.08 bits per heavy atom. The van der Waals surface area contributed by atoms with Gasteiger partial charge in [-0.3, -0.25) is 4.21 Å². The fourth-order valence-electron chi connectivity index (χ4n) is 5.77. The molecular weight excluding hydrogens is 478 g/mol. The van der Waals surface area contributed by atoms with Crippen molar-refractivity contribution in [1.82, 2.24) is 9.97 Å². The first-order valence-electron chi connectivity index (χ1n) is 12.6. The largest absolute Gasteiger partial charge is 0.341 e. The average molecular weight is 507 g/mol. The second kappa shape index (κ2) is 9.39. The van der Waals surface area contributed by atoms with Crippen LogP contribution in [0.5, 0.6) is 0 Å². The van der Waals surface area contributed by atoms with E-state index in [0.29, 0.717) is 40.4 Å². The van der Waals surface area contributed by atoms with Gasteiger partial charge in [0.25, 0.3) is 0 Å². The molecule has 1 N–H and O–H groups in total. The van der Waals surface area contributed by atoms with Crippen molar-refractivity contribution >= 4 is 33.8 Å². The van der Waals surface area contributed by atoms with Gasteiger partial charge in [-0.25, -0.2) is 13.8 Å². The van der Waals surface area contributed by atoms with Gasteiger partial charge in [0.05, 0.1) is 16.5 Å². The number of nitrogens with zero attached hydrogens (tertiary/aromatic N) is 3. The molecule has 186 valence electrons. The molecule has 1 fully saturated rings. The number of halogens is 2. The van der Waals surface area contributed by atoms with Gasteiger partial charge in [-0.15, -0.1) is 0 Å². The van der Waals surface area contributed by atoms with Crippen LogP contribution in [-0.4, -0.2) is 33.0 Å². The summed E-state index contributed by atoms with van der Waals surface area (Å²) in [6.07, 6.45) is 4.41. The van der Waals surface area contributed by atoms with Crippen LogP contribution in [0.4, 0.5) is 26.2 Å². The Hall–Kier alpha value is -3.13. The topological polar surface area (TPSA) is 58.1 Å². The highest BCUT2D eigenvalue weighted by Crippen LogP contribution is 2.43. The van der Waals surface area contributed by atoms with E-state index in [2.05, 4.69) is 17.1 Å². The van der Waals surface area contributed by atoms with Crippen LogP contribution in [0.2, 0.25) is 0 Å². The van der Waals surface area contributed by atoms with Crippen LogP contribution in [0.3, 0.4) is 0 Å². The van der Waals surface area contributed by atoms with Crippen LogP contribution in [0.15, 0.2) is 52.9 Å². The summed E-state index contributed by atoms with van der Waals surface area (Å²) in [5, 5.41) is 3.18. The molecule has 6 rings (SSSR count). The van der Waals surface area contributed by atoms with E-state index in [4.69, 9.17) is 9.97 Å². The maximum absolute atomic E-state index is 14.1. The minimum Gasteiger partial charge on any atom is -0.341 e. The van der Waals surface area contributed by atoms with E-state index in [1.807, 2.05) is 6.07 Å². The zero-order valence-corrected chi connectivity index (χ0v) is 21.0. The Balaban J connectivity index is 1.26. The number of aromatic nitrogens is 2. The van der Waals surface area contributed by atoms with Gasteiger partial charge >= 0.3 is 0 Å². The third kappa shape index (κ3) is 4.21. The van der Waals surface area contributed by atoms with E-state index in [9.17, 15) is 13.0 Å². The number of piperidine rings is 1. The van der Waals surface area contributed by atoms with Gasteiger partial charge in [-0.05, 0) is 78.6 Å². The van der Waals surface area contributed by atoms with Crippen molar-refractivity contribution in [2.75, 3.05) is 29.1 Å². The maximum Gasteiger partial charge on any atom is 0.227 e. The van der Waals surface area contributed by atoms with Crippen molar-refractivity contribution in [2.24, 2.45) is 5.92 Å². The van der Waals surface area contributed by atoms with E-state index in [0.717, 1.165) is 50.0 Å². The number of aryl methyl sites for hydroxylation is 1. The number of rotatable bonds is 5. The third-order valence-electron chi connectivity index (χ3n) is 7.52. The van der Waals surface area contributed by atoms with Crippen molar-refractivity contribution < 1.29 is 13.0 Å². The quantitative estimate of drug-likeness (QED) is 0.474. The highest BCUT2D eigenvalue weighted by atomic mass is 32.2. The fourth-order valence-corrected chi connectivity index (χ4v) is 7.08. The van der Waals surface area contributed by atoms with Crippen LogP contribution in [-0.2, 0) is 23.6 Å². The van der Waals surface area contributed by atoms with Gasteiger partial charge in [-0.2, -0.15) is 4.98 Å². The molecule has 3 aromatic rings. The lowest BCUT2D eigenvalue weighted by molar-refractivity contribution is 0.483. The molecular formula is C28H28F2N4OS. The normalized spacial score (nSPS) is 19.5. The van der Waals surface area contributed by atoms with Crippen LogP contribution >= 0.6 is 0 Å².